The monoisotopic (exact) mass is 588 g/mol. The number of fused-ring (bicyclic) bond motifs is 1. The number of aliphatic hydroxyl groups is 2. The molecule has 0 saturated heterocycles. The Bertz CT molecular complexity index is 1530. The van der Waals surface area contributed by atoms with Crippen LogP contribution in [-0.2, 0) is 32.1 Å². The minimum atomic E-state index is -1.53. The average molecular weight is 589 g/mol. The molecule has 2 aromatic rings. The molecule has 0 amide bonds. The SMILES string of the molecule is C/C=C1/C[C@@H](c2cc(O)cc(CO)c2)C#C[C@H]2CC(=O)Oc3cc(O)c(cc32)C[C@H]([C@@](C)(O)C2CCC(=O)CC2)OC1=O. The van der Waals surface area contributed by atoms with Crippen LogP contribution in [0.2, 0.25) is 0 Å². The fourth-order valence-corrected chi connectivity index (χ4v) is 6.27. The number of hydrogen-bond donors (Lipinski definition) is 4. The van der Waals surface area contributed by atoms with Crippen LogP contribution in [0.5, 0.6) is 17.2 Å². The van der Waals surface area contributed by atoms with Crippen molar-refractivity contribution >= 4 is 17.7 Å². The number of ketones is 1. The summed E-state index contributed by atoms with van der Waals surface area (Å²) in [5.41, 5.74) is 0.778. The number of benzene rings is 2. The molecule has 1 fully saturated rings. The highest BCUT2D eigenvalue weighted by Crippen LogP contribution is 2.42. The maximum atomic E-state index is 13.7. The topological polar surface area (TPSA) is 151 Å². The number of esters is 2. The second-order valence-electron chi connectivity index (χ2n) is 11.8. The average Bonchev–Trinajstić information content (AvgIpc) is 2.97. The maximum absolute atomic E-state index is 13.7. The number of ether oxygens (including phenoxy) is 2. The molecule has 9 heteroatoms. The molecule has 2 aliphatic heterocycles. The van der Waals surface area contributed by atoms with Crippen LogP contribution in [0.1, 0.15) is 86.5 Å². The van der Waals surface area contributed by atoms with E-state index in [4.69, 9.17) is 9.47 Å². The molecule has 4 N–H and O–H groups in total. The normalized spacial score (nSPS) is 25.3. The minimum Gasteiger partial charge on any atom is -0.508 e. The maximum Gasteiger partial charge on any atom is 0.334 e. The summed E-state index contributed by atoms with van der Waals surface area (Å²) in [6, 6.07) is 7.69. The summed E-state index contributed by atoms with van der Waals surface area (Å²) in [4.78, 5) is 38.2. The minimum absolute atomic E-state index is 0.0246. The lowest BCUT2D eigenvalue weighted by atomic mass is 9.73. The Balaban J connectivity index is 1.63. The van der Waals surface area contributed by atoms with Gasteiger partial charge in [-0.3, -0.25) is 9.59 Å². The first-order chi connectivity index (χ1) is 20.5. The van der Waals surface area contributed by atoms with Crippen molar-refractivity contribution in [2.24, 2.45) is 5.92 Å². The molecule has 0 spiro atoms. The van der Waals surface area contributed by atoms with E-state index in [1.165, 1.54) is 18.2 Å². The Morgan fingerprint density at radius 3 is 2.40 bits per heavy atom. The highest BCUT2D eigenvalue weighted by molar-refractivity contribution is 5.89. The molecule has 5 rings (SSSR count). The lowest BCUT2D eigenvalue weighted by Gasteiger charge is -2.40. The van der Waals surface area contributed by atoms with Gasteiger partial charge in [-0.05, 0) is 73.9 Å². The fraction of sp³-hybridized carbons (Fsp3) is 0.441. The van der Waals surface area contributed by atoms with E-state index in [1.807, 2.05) is 0 Å². The van der Waals surface area contributed by atoms with E-state index in [0.29, 0.717) is 47.9 Å². The van der Waals surface area contributed by atoms with Gasteiger partial charge in [-0.25, -0.2) is 4.79 Å². The third-order valence-corrected chi connectivity index (χ3v) is 8.91. The van der Waals surface area contributed by atoms with Crippen LogP contribution < -0.4 is 4.74 Å². The number of allylic oxidation sites excluding steroid dienone is 1. The lowest BCUT2D eigenvalue weighted by Crippen LogP contribution is -2.50. The number of aliphatic hydroxyl groups excluding tert-OH is 1. The van der Waals surface area contributed by atoms with Crippen LogP contribution in [0.25, 0.3) is 0 Å². The van der Waals surface area contributed by atoms with Gasteiger partial charge in [-0.2, -0.15) is 0 Å². The zero-order valence-electron chi connectivity index (χ0n) is 24.3. The number of hydrogen-bond acceptors (Lipinski definition) is 9. The van der Waals surface area contributed by atoms with E-state index >= 15 is 0 Å². The number of phenolic OH excluding ortho intramolecular Hbond substituents is 2. The van der Waals surface area contributed by atoms with E-state index in [1.54, 1.807) is 32.1 Å². The van der Waals surface area contributed by atoms with Crippen LogP contribution in [0, 0.1) is 17.8 Å². The van der Waals surface area contributed by atoms with Gasteiger partial charge in [0.05, 0.1) is 18.9 Å². The van der Waals surface area contributed by atoms with Crippen molar-refractivity contribution in [1.29, 1.82) is 0 Å². The van der Waals surface area contributed by atoms with Gasteiger partial charge >= 0.3 is 11.9 Å². The zero-order chi connectivity index (χ0) is 30.9. The van der Waals surface area contributed by atoms with Gasteiger partial charge < -0.3 is 29.9 Å². The highest BCUT2D eigenvalue weighted by Gasteiger charge is 2.44. The number of Topliss-reactive ketones (excluding diaryl/α,β-unsaturated/α-hetero) is 1. The summed E-state index contributed by atoms with van der Waals surface area (Å²) in [5.74, 6) is 3.77. The van der Waals surface area contributed by atoms with E-state index < -0.39 is 35.5 Å². The van der Waals surface area contributed by atoms with Gasteiger partial charge in [0.25, 0.3) is 0 Å². The van der Waals surface area contributed by atoms with E-state index in [0.717, 1.165) is 0 Å². The first-order valence-corrected chi connectivity index (χ1v) is 14.6. The number of rotatable bonds is 4. The molecule has 2 aromatic carbocycles. The van der Waals surface area contributed by atoms with Crippen molar-refractivity contribution in [2.45, 2.75) is 88.9 Å². The molecule has 2 heterocycles. The smallest absolute Gasteiger partial charge is 0.334 e. The molecule has 0 unspecified atom stereocenters. The van der Waals surface area contributed by atoms with Crippen molar-refractivity contribution < 1.29 is 44.3 Å². The van der Waals surface area contributed by atoms with Crippen LogP contribution in [0.3, 0.4) is 0 Å². The predicted molar refractivity (Wildman–Crippen MR) is 155 cm³/mol. The standard InChI is InChI=1S/C34H36O9/c1-3-20-12-21(23-10-19(18-35)11-27(37)13-23)4-5-22-16-32(39)42-30-17-29(38)24(14-28(22)30)15-31(43-33(20)40)34(2,41)25-6-8-26(36)9-7-25/h3,10-11,13-14,17,21-22,25,31,35,37-38,41H,6-9,12,15-16,18H2,1-2H3/b20-3-/t21-,22-,31+,34-/m0/s1. The number of phenols is 2. The zero-order valence-corrected chi connectivity index (χ0v) is 24.3. The van der Waals surface area contributed by atoms with Gasteiger partial charge in [0.15, 0.2) is 0 Å². The van der Waals surface area contributed by atoms with Crippen molar-refractivity contribution in [1.82, 2.24) is 0 Å². The molecular weight excluding hydrogens is 552 g/mol. The molecule has 2 bridgehead atoms. The molecule has 226 valence electrons. The van der Waals surface area contributed by atoms with E-state index in [2.05, 4.69) is 11.8 Å². The Kier molecular flexibility index (Phi) is 8.63. The third-order valence-electron chi connectivity index (χ3n) is 8.91. The quantitative estimate of drug-likeness (QED) is 0.179. The Morgan fingerprint density at radius 2 is 1.70 bits per heavy atom. The third kappa shape index (κ3) is 6.46. The summed E-state index contributed by atoms with van der Waals surface area (Å²) in [5, 5.41) is 42.9. The van der Waals surface area contributed by atoms with E-state index in [-0.39, 0.29) is 60.4 Å². The number of aromatic hydroxyl groups is 2. The summed E-state index contributed by atoms with van der Waals surface area (Å²) < 4.78 is 11.5. The van der Waals surface area contributed by atoms with Crippen LogP contribution in [-0.4, -0.2) is 49.9 Å². The van der Waals surface area contributed by atoms with E-state index in [9.17, 15) is 34.8 Å². The number of carbonyl (C=O) groups excluding carboxylic acids is 3. The molecule has 1 saturated carbocycles. The highest BCUT2D eigenvalue weighted by atomic mass is 16.6. The van der Waals surface area contributed by atoms with Crippen molar-refractivity contribution in [2.75, 3.05) is 0 Å². The first kappa shape index (κ1) is 30.3. The fourth-order valence-electron chi connectivity index (χ4n) is 6.27. The van der Waals surface area contributed by atoms with Crippen molar-refractivity contribution in [3.63, 3.8) is 0 Å². The summed E-state index contributed by atoms with van der Waals surface area (Å²) >= 11 is 0. The second kappa shape index (κ2) is 12.2. The largest absolute Gasteiger partial charge is 0.508 e. The Labute approximate surface area is 250 Å². The lowest BCUT2D eigenvalue weighted by molar-refractivity contribution is -0.169. The van der Waals surface area contributed by atoms with Gasteiger partial charge in [0.2, 0.25) is 0 Å². The van der Waals surface area contributed by atoms with Crippen molar-refractivity contribution in [3.8, 4) is 29.1 Å². The predicted octanol–water partition coefficient (Wildman–Crippen LogP) is 4.08. The van der Waals surface area contributed by atoms with Crippen LogP contribution >= 0.6 is 0 Å². The molecule has 1 aliphatic carbocycles. The summed E-state index contributed by atoms with van der Waals surface area (Å²) in [6.07, 6.45) is 2.14. The molecule has 9 nitrogen and oxygen atoms in total. The summed E-state index contributed by atoms with van der Waals surface area (Å²) in [6.45, 7) is 2.99. The second-order valence-corrected chi connectivity index (χ2v) is 11.8. The van der Waals surface area contributed by atoms with Gasteiger partial charge in [-0.15, -0.1) is 0 Å². The molecule has 4 atom stereocenters. The van der Waals surface area contributed by atoms with Crippen LogP contribution in [0.15, 0.2) is 42.0 Å². The van der Waals surface area contributed by atoms with Gasteiger partial charge in [0.1, 0.15) is 34.7 Å². The molecule has 0 aromatic heterocycles. The Hall–Kier alpha value is -4.13. The number of cyclic esters (lactones) is 1. The van der Waals surface area contributed by atoms with Gasteiger partial charge in [0, 0.05) is 42.4 Å². The molecule has 43 heavy (non-hydrogen) atoms. The van der Waals surface area contributed by atoms with Crippen LogP contribution in [0.4, 0.5) is 0 Å². The molecule has 3 aliphatic rings. The summed E-state index contributed by atoms with van der Waals surface area (Å²) in [7, 11) is 0. The molecular formula is C34H36O9. The Morgan fingerprint density at radius 1 is 0.977 bits per heavy atom. The van der Waals surface area contributed by atoms with Gasteiger partial charge in [-0.1, -0.05) is 24.0 Å². The number of carbonyl (C=O) groups is 3. The van der Waals surface area contributed by atoms with Crippen molar-refractivity contribution in [3.05, 3.63) is 64.2 Å². The molecule has 0 radical (unpaired) electrons. The first-order valence-electron chi connectivity index (χ1n) is 14.6.